The van der Waals surface area contributed by atoms with Crippen molar-refractivity contribution in [1.82, 2.24) is 0 Å². The number of aliphatic hydroxyl groups excluding tert-OH is 1. The van der Waals surface area contributed by atoms with Crippen molar-refractivity contribution in [2.75, 3.05) is 7.11 Å². The highest BCUT2D eigenvalue weighted by Gasteiger charge is 2.21. The highest BCUT2D eigenvalue weighted by Crippen LogP contribution is 2.27. The molecule has 1 aliphatic carbocycles. The van der Waals surface area contributed by atoms with Gasteiger partial charge in [0.2, 0.25) is 0 Å². The van der Waals surface area contributed by atoms with Crippen LogP contribution in [0.3, 0.4) is 0 Å². The highest BCUT2D eigenvalue weighted by molar-refractivity contribution is 6.11. The van der Waals surface area contributed by atoms with E-state index in [1.54, 1.807) is 7.11 Å². The number of oxime groups is 1. The second kappa shape index (κ2) is 12.8. The molecule has 0 aromatic heterocycles. The molecular weight excluding hydrogens is 298 g/mol. The third-order valence-corrected chi connectivity index (χ3v) is 4.07. The van der Waals surface area contributed by atoms with Crippen LogP contribution in [0.4, 0.5) is 0 Å². The van der Waals surface area contributed by atoms with Crippen LogP contribution in [0.15, 0.2) is 53.3 Å². The largest absolute Gasteiger partial charge is 0.399 e. The molecule has 0 saturated carbocycles. The average Bonchev–Trinajstić information content (AvgIpc) is 2.95. The first-order chi connectivity index (χ1) is 11.7. The number of nitrogens with zero attached hydrogens (tertiary/aromatic N) is 1. The lowest BCUT2D eigenvalue weighted by molar-refractivity contribution is 0.181. The molecule has 0 amide bonds. The van der Waals surface area contributed by atoms with E-state index < -0.39 is 0 Å². The Labute approximate surface area is 147 Å². The molecule has 2 atom stereocenters. The summed E-state index contributed by atoms with van der Waals surface area (Å²) in [5, 5.41) is 14.2. The van der Waals surface area contributed by atoms with E-state index in [2.05, 4.69) is 49.4 Å². The predicted octanol–water partition coefficient (Wildman–Crippen LogP) is 5.35. The maximum Gasteiger partial charge on any atom is 0.106 e. The van der Waals surface area contributed by atoms with Gasteiger partial charge >= 0.3 is 0 Å². The second-order valence-electron chi connectivity index (χ2n) is 6.14. The summed E-state index contributed by atoms with van der Waals surface area (Å²) in [6.07, 6.45) is 21.6. The maximum atomic E-state index is 10.1. The van der Waals surface area contributed by atoms with E-state index in [9.17, 15) is 5.11 Å². The standard InChI is InChI=1S/C21H33NO2/c1-4-6-8-9-11-12-18-14-17-21(22-24-3)20(18)16-15-19(23)13-10-7-5-2/h7,9-11,14,16-19,23H,4-6,8,12-13,15H2,1-3H3/b10-7-,11-9-,20-16+,22-21-/t18-,19-/m0/s1. The molecule has 1 N–H and O–H groups in total. The summed E-state index contributed by atoms with van der Waals surface area (Å²) in [7, 11) is 1.57. The Bertz CT molecular complexity index is 486. The lowest BCUT2D eigenvalue weighted by Gasteiger charge is -2.11. The molecule has 0 bridgehead atoms. The summed E-state index contributed by atoms with van der Waals surface area (Å²) in [5.74, 6) is 0.329. The van der Waals surface area contributed by atoms with Crippen molar-refractivity contribution < 1.29 is 9.94 Å². The van der Waals surface area contributed by atoms with Crippen LogP contribution in [0, 0.1) is 5.92 Å². The van der Waals surface area contributed by atoms with Crippen LogP contribution < -0.4 is 0 Å². The van der Waals surface area contributed by atoms with E-state index in [4.69, 9.17) is 4.84 Å². The molecule has 0 heterocycles. The first-order valence-electron chi connectivity index (χ1n) is 9.20. The molecule has 0 saturated heterocycles. The Morgan fingerprint density at radius 3 is 2.75 bits per heavy atom. The molecule has 3 nitrogen and oxygen atoms in total. The molecule has 0 spiro atoms. The van der Waals surface area contributed by atoms with Crippen LogP contribution in [0.5, 0.6) is 0 Å². The molecule has 0 aliphatic heterocycles. The molecule has 0 radical (unpaired) electrons. The van der Waals surface area contributed by atoms with E-state index in [0.29, 0.717) is 18.8 Å². The van der Waals surface area contributed by atoms with Gasteiger partial charge in [-0.25, -0.2) is 0 Å². The molecule has 1 rings (SSSR count). The quantitative estimate of drug-likeness (QED) is 0.315. The van der Waals surface area contributed by atoms with Gasteiger partial charge in [0.15, 0.2) is 0 Å². The molecule has 1 aliphatic rings. The van der Waals surface area contributed by atoms with E-state index in [1.165, 1.54) is 12.8 Å². The molecule has 0 unspecified atom stereocenters. The number of hydrogen-bond donors (Lipinski definition) is 1. The van der Waals surface area contributed by atoms with Crippen molar-refractivity contribution in [2.45, 2.75) is 64.9 Å². The van der Waals surface area contributed by atoms with Crippen LogP contribution in [-0.2, 0) is 4.84 Å². The molecular formula is C21H33NO2. The fourth-order valence-electron chi connectivity index (χ4n) is 2.70. The number of aliphatic hydroxyl groups is 1. The third kappa shape index (κ3) is 7.78. The van der Waals surface area contributed by atoms with E-state index in [1.807, 2.05) is 12.2 Å². The van der Waals surface area contributed by atoms with Gasteiger partial charge in [0.25, 0.3) is 0 Å². The van der Waals surface area contributed by atoms with Gasteiger partial charge < -0.3 is 9.94 Å². The van der Waals surface area contributed by atoms with E-state index >= 15 is 0 Å². The Morgan fingerprint density at radius 2 is 2.04 bits per heavy atom. The Morgan fingerprint density at radius 1 is 1.21 bits per heavy atom. The van der Waals surface area contributed by atoms with Crippen molar-refractivity contribution in [3.63, 3.8) is 0 Å². The van der Waals surface area contributed by atoms with Crippen LogP contribution in [0.1, 0.15) is 58.8 Å². The van der Waals surface area contributed by atoms with Crippen LogP contribution in [-0.4, -0.2) is 24.0 Å². The zero-order valence-corrected chi connectivity index (χ0v) is 15.4. The zero-order valence-electron chi connectivity index (χ0n) is 15.4. The smallest absolute Gasteiger partial charge is 0.106 e. The Kier molecular flexibility index (Phi) is 10.9. The molecule has 134 valence electrons. The van der Waals surface area contributed by atoms with Crippen molar-refractivity contribution in [2.24, 2.45) is 11.1 Å². The number of hydrogen-bond acceptors (Lipinski definition) is 3. The third-order valence-electron chi connectivity index (χ3n) is 4.07. The number of unbranched alkanes of at least 4 members (excludes halogenated alkanes) is 2. The normalized spacial score (nSPS) is 22.4. The zero-order chi connectivity index (χ0) is 17.6. The lowest BCUT2D eigenvalue weighted by Crippen LogP contribution is -2.07. The number of rotatable bonds is 11. The molecule has 24 heavy (non-hydrogen) atoms. The van der Waals surface area contributed by atoms with Crippen LogP contribution in [0.25, 0.3) is 0 Å². The van der Waals surface area contributed by atoms with Gasteiger partial charge in [-0.05, 0) is 43.8 Å². The van der Waals surface area contributed by atoms with Gasteiger partial charge in [0.05, 0.1) is 6.10 Å². The lowest BCUT2D eigenvalue weighted by atomic mass is 9.95. The van der Waals surface area contributed by atoms with Gasteiger partial charge in [-0.3, -0.25) is 0 Å². The van der Waals surface area contributed by atoms with E-state index in [0.717, 1.165) is 30.5 Å². The van der Waals surface area contributed by atoms with E-state index in [-0.39, 0.29) is 6.10 Å². The van der Waals surface area contributed by atoms with Gasteiger partial charge in [0, 0.05) is 5.92 Å². The first-order valence-corrected chi connectivity index (χ1v) is 9.20. The fraction of sp³-hybridized carbons (Fsp3) is 0.571. The molecule has 3 heteroatoms. The van der Waals surface area contributed by atoms with Gasteiger partial charge in [0.1, 0.15) is 12.8 Å². The summed E-state index contributed by atoms with van der Waals surface area (Å²) in [4.78, 5) is 4.95. The topological polar surface area (TPSA) is 41.8 Å². The fourth-order valence-corrected chi connectivity index (χ4v) is 2.70. The first kappa shape index (κ1) is 20.4. The van der Waals surface area contributed by atoms with Crippen molar-refractivity contribution in [1.29, 1.82) is 0 Å². The summed E-state index contributed by atoms with van der Waals surface area (Å²) in [6.45, 7) is 4.31. The molecule has 0 aromatic carbocycles. The molecule has 0 aromatic rings. The predicted molar refractivity (Wildman–Crippen MR) is 103 cm³/mol. The van der Waals surface area contributed by atoms with Crippen molar-refractivity contribution >= 4 is 5.71 Å². The summed E-state index contributed by atoms with van der Waals surface area (Å²) >= 11 is 0. The Balaban J connectivity index is 2.64. The van der Waals surface area contributed by atoms with Crippen LogP contribution in [0.2, 0.25) is 0 Å². The summed E-state index contributed by atoms with van der Waals surface area (Å²) < 4.78 is 0. The highest BCUT2D eigenvalue weighted by atomic mass is 16.6. The van der Waals surface area contributed by atoms with Crippen LogP contribution >= 0.6 is 0 Å². The van der Waals surface area contributed by atoms with Gasteiger partial charge in [-0.2, -0.15) is 0 Å². The minimum Gasteiger partial charge on any atom is -0.399 e. The van der Waals surface area contributed by atoms with Gasteiger partial charge in [-0.1, -0.05) is 68.3 Å². The minimum atomic E-state index is -0.342. The molecule has 0 fully saturated rings. The second-order valence-corrected chi connectivity index (χ2v) is 6.14. The monoisotopic (exact) mass is 331 g/mol. The van der Waals surface area contributed by atoms with Crippen molar-refractivity contribution in [3.8, 4) is 0 Å². The minimum absolute atomic E-state index is 0.329. The van der Waals surface area contributed by atoms with Gasteiger partial charge in [-0.15, -0.1) is 0 Å². The summed E-state index contributed by atoms with van der Waals surface area (Å²) in [5.41, 5.74) is 2.04. The SMILES string of the molecule is CC/C=C\C[C@H](O)C/C=C1/C(=N\OC)C=C[C@@H]1C/C=C\CCCC. The summed E-state index contributed by atoms with van der Waals surface area (Å²) in [6, 6.07) is 0. The Hall–Kier alpha value is -1.61. The maximum absolute atomic E-state index is 10.1. The average molecular weight is 332 g/mol. The number of allylic oxidation sites excluding steroid dienone is 6. The van der Waals surface area contributed by atoms with Crippen molar-refractivity contribution in [3.05, 3.63) is 48.1 Å².